The van der Waals surface area contributed by atoms with E-state index in [2.05, 4.69) is 47.1 Å². The standard InChI is InChI=1S/C17H15BrO2/c1-11-7-8-20-17(11)16(18)14-4-3-13-10-15(19-2)6-5-12(13)9-14/h3-10,16H,1-2H3. The second kappa shape index (κ2) is 5.33. The summed E-state index contributed by atoms with van der Waals surface area (Å²) in [5.41, 5.74) is 2.34. The summed E-state index contributed by atoms with van der Waals surface area (Å²) in [4.78, 5) is 0.0731. The van der Waals surface area contributed by atoms with Crippen LogP contribution < -0.4 is 4.74 Å². The number of aryl methyl sites for hydroxylation is 1. The van der Waals surface area contributed by atoms with Crippen LogP contribution in [0.2, 0.25) is 0 Å². The topological polar surface area (TPSA) is 22.4 Å². The second-order valence-corrected chi connectivity index (χ2v) is 5.72. The van der Waals surface area contributed by atoms with Crippen molar-refractivity contribution in [2.24, 2.45) is 0 Å². The summed E-state index contributed by atoms with van der Waals surface area (Å²) in [6, 6.07) is 14.5. The first-order valence-electron chi connectivity index (χ1n) is 6.45. The van der Waals surface area contributed by atoms with Crippen LogP contribution in [0.5, 0.6) is 5.75 Å². The van der Waals surface area contributed by atoms with E-state index in [1.807, 2.05) is 18.2 Å². The van der Waals surface area contributed by atoms with Crippen molar-refractivity contribution in [1.82, 2.24) is 0 Å². The SMILES string of the molecule is COc1ccc2cc(C(Br)c3occc3C)ccc2c1. The molecule has 1 heterocycles. The average molecular weight is 331 g/mol. The van der Waals surface area contributed by atoms with Gasteiger partial charge in [0.15, 0.2) is 0 Å². The van der Waals surface area contributed by atoms with Crippen molar-refractivity contribution < 1.29 is 9.15 Å². The molecule has 0 saturated carbocycles. The van der Waals surface area contributed by atoms with E-state index in [0.29, 0.717) is 0 Å². The number of methoxy groups -OCH3 is 1. The fourth-order valence-corrected chi connectivity index (χ4v) is 3.08. The highest BCUT2D eigenvalue weighted by molar-refractivity contribution is 9.09. The number of rotatable bonds is 3. The molecule has 2 aromatic carbocycles. The highest BCUT2D eigenvalue weighted by Crippen LogP contribution is 2.35. The molecule has 3 aromatic rings. The summed E-state index contributed by atoms with van der Waals surface area (Å²) in [5.74, 6) is 1.83. The Labute approximate surface area is 126 Å². The Morgan fingerprint density at radius 2 is 1.80 bits per heavy atom. The van der Waals surface area contributed by atoms with Crippen LogP contribution in [0.25, 0.3) is 10.8 Å². The van der Waals surface area contributed by atoms with Gasteiger partial charge in [-0.2, -0.15) is 0 Å². The first kappa shape index (κ1) is 13.3. The lowest BCUT2D eigenvalue weighted by molar-refractivity contribution is 0.415. The van der Waals surface area contributed by atoms with E-state index >= 15 is 0 Å². The van der Waals surface area contributed by atoms with Gasteiger partial charge in [0.2, 0.25) is 0 Å². The number of fused-ring (bicyclic) bond motifs is 1. The lowest BCUT2D eigenvalue weighted by atomic mass is 10.0. The number of hydrogen-bond donors (Lipinski definition) is 0. The molecule has 3 rings (SSSR count). The molecule has 0 amide bonds. The van der Waals surface area contributed by atoms with Gasteiger partial charge in [-0.3, -0.25) is 0 Å². The van der Waals surface area contributed by atoms with Crippen LogP contribution in [-0.2, 0) is 0 Å². The minimum Gasteiger partial charge on any atom is -0.497 e. The van der Waals surface area contributed by atoms with Crippen LogP contribution in [-0.4, -0.2) is 7.11 Å². The first-order valence-corrected chi connectivity index (χ1v) is 7.36. The van der Waals surface area contributed by atoms with Crippen molar-refractivity contribution in [2.75, 3.05) is 7.11 Å². The normalized spacial score (nSPS) is 12.6. The van der Waals surface area contributed by atoms with Gasteiger partial charge in [0, 0.05) is 0 Å². The minimum atomic E-state index is 0.0731. The van der Waals surface area contributed by atoms with Gasteiger partial charge in [-0.1, -0.05) is 34.1 Å². The molecule has 1 unspecified atom stereocenters. The predicted octanol–water partition coefficient (Wildman–Crippen LogP) is 5.23. The smallest absolute Gasteiger partial charge is 0.124 e. The summed E-state index contributed by atoms with van der Waals surface area (Å²) in [6.45, 7) is 2.05. The van der Waals surface area contributed by atoms with Crippen molar-refractivity contribution in [3.05, 3.63) is 65.6 Å². The highest BCUT2D eigenvalue weighted by atomic mass is 79.9. The number of hydrogen-bond acceptors (Lipinski definition) is 2. The van der Waals surface area contributed by atoms with Crippen molar-refractivity contribution in [2.45, 2.75) is 11.8 Å². The lowest BCUT2D eigenvalue weighted by Gasteiger charge is -2.10. The molecule has 0 aliphatic carbocycles. The van der Waals surface area contributed by atoms with Crippen LogP contribution in [0.4, 0.5) is 0 Å². The summed E-state index contributed by atoms with van der Waals surface area (Å²) in [6.07, 6.45) is 1.73. The number of benzene rings is 2. The van der Waals surface area contributed by atoms with Crippen LogP contribution in [0, 0.1) is 6.92 Å². The van der Waals surface area contributed by atoms with Gasteiger partial charge in [0.05, 0.1) is 18.2 Å². The molecule has 1 aromatic heterocycles. The summed E-state index contributed by atoms with van der Waals surface area (Å²) in [5, 5.41) is 2.36. The van der Waals surface area contributed by atoms with E-state index < -0.39 is 0 Å². The van der Waals surface area contributed by atoms with Gasteiger partial charge in [0.25, 0.3) is 0 Å². The molecule has 0 fully saturated rings. The van der Waals surface area contributed by atoms with Crippen molar-refractivity contribution >= 4 is 26.7 Å². The maximum Gasteiger partial charge on any atom is 0.124 e. The molecule has 0 aliphatic heterocycles. The van der Waals surface area contributed by atoms with Crippen LogP contribution in [0.1, 0.15) is 21.7 Å². The molecule has 2 nitrogen and oxygen atoms in total. The van der Waals surface area contributed by atoms with Gasteiger partial charge in [-0.15, -0.1) is 0 Å². The highest BCUT2D eigenvalue weighted by Gasteiger charge is 2.16. The zero-order valence-electron chi connectivity index (χ0n) is 11.4. The van der Waals surface area contributed by atoms with Gasteiger partial charge < -0.3 is 9.15 Å². The predicted molar refractivity (Wildman–Crippen MR) is 84.7 cm³/mol. The molecular formula is C17H15BrO2. The Kier molecular flexibility index (Phi) is 3.53. The molecular weight excluding hydrogens is 316 g/mol. The molecule has 0 aliphatic rings. The lowest BCUT2D eigenvalue weighted by Crippen LogP contribution is -1.93. The van der Waals surface area contributed by atoms with Crippen molar-refractivity contribution in [3.8, 4) is 5.75 Å². The third kappa shape index (κ3) is 2.34. The van der Waals surface area contributed by atoms with Gasteiger partial charge >= 0.3 is 0 Å². The summed E-state index contributed by atoms with van der Waals surface area (Å²) >= 11 is 3.72. The van der Waals surface area contributed by atoms with Crippen LogP contribution in [0.3, 0.4) is 0 Å². The third-order valence-corrected chi connectivity index (χ3v) is 4.44. The van der Waals surface area contributed by atoms with E-state index in [0.717, 1.165) is 17.1 Å². The maximum absolute atomic E-state index is 5.56. The fraction of sp³-hybridized carbons (Fsp3) is 0.176. The second-order valence-electron chi connectivity index (χ2n) is 4.80. The van der Waals surface area contributed by atoms with Gasteiger partial charge in [-0.25, -0.2) is 0 Å². The van der Waals surface area contributed by atoms with Crippen molar-refractivity contribution in [1.29, 1.82) is 0 Å². The summed E-state index contributed by atoms with van der Waals surface area (Å²) in [7, 11) is 1.68. The molecule has 102 valence electrons. The number of furan rings is 1. The van der Waals surface area contributed by atoms with Gasteiger partial charge in [-0.05, 0) is 53.1 Å². The Morgan fingerprint density at radius 3 is 2.50 bits per heavy atom. The van der Waals surface area contributed by atoms with E-state index in [-0.39, 0.29) is 4.83 Å². The Bertz CT molecular complexity index is 746. The number of halogens is 1. The van der Waals surface area contributed by atoms with E-state index in [4.69, 9.17) is 9.15 Å². The number of alkyl halides is 1. The number of ether oxygens (including phenoxy) is 1. The monoisotopic (exact) mass is 330 g/mol. The zero-order valence-corrected chi connectivity index (χ0v) is 13.0. The minimum absolute atomic E-state index is 0.0731. The van der Waals surface area contributed by atoms with E-state index in [1.165, 1.54) is 16.3 Å². The zero-order chi connectivity index (χ0) is 14.1. The molecule has 0 saturated heterocycles. The summed E-state index contributed by atoms with van der Waals surface area (Å²) < 4.78 is 10.8. The third-order valence-electron chi connectivity index (χ3n) is 3.50. The van der Waals surface area contributed by atoms with Crippen LogP contribution in [0.15, 0.2) is 53.1 Å². The maximum atomic E-state index is 5.56. The average Bonchev–Trinajstić information content (AvgIpc) is 2.91. The molecule has 0 bridgehead atoms. The fourth-order valence-electron chi connectivity index (χ4n) is 2.32. The Balaban J connectivity index is 2.03. The Hall–Kier alpha value is -1.74. The van der Waals surface area contributed by atoms with Crippen LogP contribution >= 0.6 is 15.9 Å². The molecule has 3 heteroatoms. The van der Waals surface area contributed by atoms with Crippen molar-refractivity contribution in [3.63, 3.8) is 0 Å². The van der Waals surface area contributed by atoms with Gasteiger partial charge in [0.1, 0.15) is 11.5 Å². The van der Waals surface area contributed by atoms with E-state index in [1.54, 1.807) is 13.4 Å². The largest absolute Gasteiger partial charge is 0.497 e. The van der Waals surface area contributed by atoms with E-state index in [9.17, 15) is 0 Å². The first-order chi connectivity index (χ1) is 9.69. The quantitative estimate of drug-likeness (QED) is 0.613. The molecule has 1 atom stereocenters. The molecule has 0 spiro atoms. The molecule has 0 N–H and O–H groups in total. The molecule has 20 heavy (non-hydrogen) atoms. The Morgan fingerprint density at radius 1 is 1.05 bits per heavy atom. The molecule has 0 radical (unpaired) electrons.